The van der Waals surface area contributed by atoms with Gasteiger partial charge in [0, 0.05) is 6.54 Å². The lowest BCUT2D eigenvalue weighted by Gasteiger charge is -2.28. The molecule has 1 aromatic heterocycles. The number of nitro groups is 1. The van der Waals surface area contributed by atoms with Crippen LogP contribution in [-0.4, -0.2) is 53.6 Å². The third-order valence-corrected chi connectivity index (χ3v) is 3.56. The number of methoxy groups -OCH3 is 1. The Labute approximate surface area is 117 Å². The summed E-state index contributed by atoms with van der Waals surface area (Å²) >= 11 is 0. The maximum atomic E-state index is 11.1. The van der Waals surface area contributed by atoms with Gasteiger partial charge in [-0.1, -0.05) is 0 Å². The summed E-state index contributed by atoms with van der Waals surface area (Å²) in [7, 11) is 3.46. The van der Waals surface area contributed by atoms with Crippen LogP contribution in [0.1, 0.15) is 12.8 Å². The number of aromatic nitrogens is 2. The van der Waals surface area contributed by atoms with Crippen LogP contribution in [0.5, 0.6) is 5.88 Å². The number of likely N-dealkylation sites (tertiary alicyclic amines) is 1. The number of piperidine rings is 1. The summed E-state index contributed by atoms with van der Waals surface area (Å²) < 4.78 is 4.91. The lowest BCUT2D eigenvalue weighted by atomic mass is 9.97. The van der Waals surface area contributed by atoms with E-state index in [1.807, 2.05) is 0 Å². The van der Waals surface area contributed by atoms with Gasteiger partial charge in [0.25, 0.3) is 5.88 Å². The van der Waals surface area contributed by atoms with Crippen LogP contribution in [0.25, 0.3) is 0 Å². The molecule has 20 heavy (non-hydrogen) atoms. The smallest absolute Gasteiger partial charge is 0.372 e. The third-order valence-electron chi connectivity index (χ3n) is 3.56. The van der Waals surface area contributed by atoms with Gasteiger partial charge in [-0.15, -0.1) is 0 Å². The fourth-order valence-corrected chi connectivity index (χ4v) is 2.31. The van der Waals surface area contributed by atoms with Gasteiger partial charge in [-0.25, -0.2) is 4.98 Å². The number of ether oxygens (including phenoxy) is 1. The van der Waals surface area contributed by atoms with Crippen molar-refractivity contribution in [1.82, 2.24) is 14.9 Å². The van der Waals surface area contributed by atoms with E-state index in [9.17, 15) is 10.1 Å². The van der Waals surface area contributed by atoms with Crippen molar-refractivity contribution in [3.8, 4) is 5.88 Å². The van der Waals surface area contributed by atoms with Gasteiger partial charge >= 0.3 is 5.69 Å². The molecule has 2 heterocycles. The normalized spacial score (nSPS) is 16.9. The summed E-state index contributed by atoms with van der Waals surface area (Å²) in [5.74, 6) is 0.711. The molecule has 0 radical (unpaired) electrons. The largest absolute Gasteiger partial charge is 0.476 e. The number of rotatable bonds is 5. The molecule has 0 bridgehead atoms. The monoisotopic (exact) mass is 281 g/mol. The summed E-state index contributed by atoms with van der Waals surface area (Å²) in [6.07, 6.45) is 3.43. The van der Waals surface area contributed by atoms with Gasteiger partial charge in [0.15, 0.2) is 0 Å². The Morgan fingerprint density at radius 2 is 2.20 bits per heavy atom. The first-order valence-electron chi connectivity index (χ1n) is 6.57. The molecule has 1 N–H and O–H groups in total. The van der Waals surface area contributed by atoms with Gasteiger partial charge in [-0.3, -0.25) is 10.1 Å². The molecule has 0 aromatic carbocycles. The predicted molar refractivity (Wildman–Crippen MR) is 73.9 cm³/mol. The molecular weight excluding hydrogens is 262 g/mol. The highest BCUT2D eigenvalue weighted by Crippen LogP contribution is 2.30. The van der Waals surface area contributed by atoms with Crippen LogP contribution in [0, 0.1) is 16.0 Å². The Kier molecular flexibility index (Phi) is 4.67. The minimum atomic E-state index is -0.518. The van der Waals surface area contributed by atoms with Crippen molar-refractivity contribution in [3.05, 3.63) is 16.4 Å². The second-order valence-corrected chi connectivity index (χ2v) is 4.96. The molecule has 1 aliphatic heterocycles. The van der Waals surface area contributed by atoms with Crippen LogP contribution < -0.4 is 10.1 Å². The second kappa shape index (κ2) is 6.47. The predicted octanol–water partition coefficient (Wildman–Crippen LogP) is 1.15. The van der Waals surface area contributed by atoms with Gasteiger partial charge in [0.2, 0.25) is 5.82 Å². The molecule has 1 aliphatic rings. The summed E-state index contributed by atoms with van der Waals surface area (Å²) in [5.41, 5.74) is -0.206. The fourth-order valence-electron chi connectivity index (χ4n) is 2.31. The van der Waals surface area contributed by atoms with Crippen molar-refractivity contribution in [2.75, 3.05) is 39.1 Å². The number of nitrogens with zero attached hydrogens (tertiary/aromatic N) is 4. The van der Waals surface area contributed by atoms with E-state index in [0.29, 0.717) is 12.5 Å². The van der Waals surface area contributed by atoms with Crippen LogP contribution in [0.2, 0.25) is 0 Å². The summed E-state index contributed by atoms with van der Waals surface area (Å²) in [5, 5.41) is 14.2. The lowest BCUT2D eigenvalue weighted by molar-refractivity contribution is -0.385. The van der Waals surface area contributed by atoms with E-state index in [1.54, 1.807) is 0 Å². The Morgan fingerprint density at radius 3 is 2.80 bits per heavy atom. The molecular formula is C12H19N5O3. The van der Waals surface area contributed by atoms with Gasteiger partial charge in [0.1, 0.15) is 6.33 Å². The standard InChI is InChI=1S/C12H19N5O3/c1-16-5-3-9(4-6-16)7-13-11-10(17(18)19)12(20-2)15-8-14-11/h8-9H,3-7H2,1-2H3,(H,13,14,15). The fraction of sp³-hybridized carbons (Fsp3) is 0.667. The molecule has 0 unspecified atom stereocenters. The van der Waals surface area contributed by atoms with E-state index in [2.05, 4.69) is 27.2 Å². The molecule has 1 fully saturated rings. The minimum Gasteiger partial charge on any atom is -0.476 e. The maximum Gasteiger partial charge on any atom is 0.372 e. The molecule has 1 saturated heterocycles. The Bertz CT molecular complexity index is 474. The van der Waals surface area contributed by atoms with Gasteiger partial charge in [-0.05, 0) is 38.9 Å². The molecule has 8 nitrogen and oxygen atoms in total. The highest BCUT2D eigenvalue weighted by Gasteiger charge is 2.25. The minimum absolute atomic E-state index is 0.0177. The van der Waals surface area contributed by atoms with E-state index in [1.165, 1.54) is 13.4 Å². The van der Waals surface area contributed by atoms with E-state index in [4.69, 9.17) is 4.74 Å². The summed E-state index contributed by atoms with van der Waals surface area (Å²) in [6.45, 7) is 2.79. The first-order valence-corrected chi connectivity index (χ1v) is 6.57. The van der Waals surface area contributed by atoms with Crippen molar-refractivity contribution in [2.24, 2.45) is 5.92 Å². The van der Waals surface area contributed by atoms with Crippen LogP contribution >= 0.6 is 0 Å². The molecule has 0 amide bonds. The molecule has 8 heteroatoms. The van der Waals surface area contributed by atoms with Crippen molar-refractivity contribution >= 4 is 11.5 Å². The molecule has 0 aliphatic carbocycles. The van der Waals surface area contributed by atoms with Crippen LogP contribution in [0.4, 0.5) is 11.5 Å². The van der Waals surface area contributed by atoms with E-state index < -0.39 is 4.92 Å². The SMILES string of the molecule is COc1ncnc(NCC2CCN(C)CC2)c1[N+](=O)[O-]. The Balaban J connectivity index is 2.04. The lowest BCUT2D eigenvalue weighted by Crippen LogP contribution is -2.33. The van der Waals surface area contributed by atoms with Gasteiger partial charge < -0.3 is 15.0 Å². The Morgan fingerprint density at radius 1 is 1.50 bits per heavy atom. The highest BCUT2D eigenvalue weighted by molar-refractivity contribution is 5.61. The van der Waals surface area contributed by atoms with Gasteiger partial charge in [0.05, 0.1) is 12.0 Å². The average Bonchev–Trinajstić information content (AvgIpc) is 2.46. The van der Waals surface area contributed by atoms with Crippen LogP contribution in [0.3, 0.4) is 0 Å². The van der Waals surface area contributed by atoms with Crippen molar-refractivity contribution in [3.63, 3.8) is 0 Å². The van der Waals surface area contributed by atoms with E-state index in [-0.39, 0.29) is 17.4 Å². The third kappa shape index (κ3) is 3.32. The zero-order chi connectivity index (χ0) is 14.5. The quantitative estimate of drug-likeness (QED) is 0.639. The molecule has 2 rings (SSSR count). The zero-order valence-corrected chi connectivity index (χ0v) is 11.7. The van der Waals surface area contributed by atoms with E-state index >= 15 is 0 Å². The van der Waals surface area contributed by atoms with E-state index in [0.717, 1.165) is 25.9 Å². The first kappa shape index (κ1) is 14.4. The molecule has 0 atom stereocenters. The number of nitrogens with one attached hydrogen (secondary N) is 1. The number of hydrogen-bond acceptors (Lipinski definition) is 7. The van der Waals surface area contributed by atoms with Crippen molar-refractivity contribution in [1.29, 1.82) is 0 Å². The van der Waals surface area contributed by atoms with Gasteiger partial charge in [-0.2, -0.15) is 4.98 Å². The van der Waals surface area contributed by atoms with Crippen molar-refractivity contribution < 1.29 is 9.66 Å². The topological polar surface area (TPSA) is 93.4 Å². The van der Waals surface area contributed by atoms with Crippen LogP contribution in [-0.2, 0) is 0 Å². The molecule has 0 saturated carbocycles. The second-order valence-electron chi connectivity index (χ2n) is 4.96. The molecule has 110 valence electrons. The average molecular weight is 281 g/mol. The molecule has 0 spiro atoms. The number of hydrogen-bond donors (Lipinski definition) is 1. The number of anilines is 1. The zero-order valence-electron chi connectivity index (χ0n) is 11.7. The molecule has 1 aromatic rings. The highest BCUT2D eigenvalue weighted by atomic mass is 16.6. The van der Waals surface area contributed by atoms with Crippen molar-refractivity contribution in [2.45, 2.75) is 12.8 Å². The van der Waals surface area contributed by atoms with Crippen LogP contribution in [0.15, 0.2) is 6.33 Å². The summed E-state index contributed by atoms with van der Waals surface area (Å²) in [4.78, 5) is 20.6. The Hall–Kier alpha value is -1.96. The first-order chi connectivity index (χ1) is 9.61. The summed E-state index contributed by atoms with van der Waals surface area (Å²) in [6, 6.07) is 0. The maximum absolute atomic E-state index is 11.1.